The van der Waals surface area contributed by atoms with Crippen LogP contribution in [0.2, 0.25) is 0 Å². The molecule has 1 heterocycles. The van der Waals surface area contributed by atoms with Crippen LogP contribution in [-0.4, -0.2) is 22.8 Å². The molecule has 0 fully saturated rings. The first-order chi connectivity index (χ1) is 12.3. The van der Waals surface area contributed by atoms with Gasteiger partial charge >= 0.3 is 0 Å². The van der Waals surface area contributed by atoms with Crippen molar-refractivity contribution in [2.24, 2.45) is 4.99 Å². The molecular weight excluding hydrogens is 310 g/mol. The molecule has 1 aromatic heterocycles. The van der Waals surface area contributed by atoms with Crippen LogP contribution in [0.4, 0.5) is 0 Å². The lowest BCUT2D eigenvalue weighted by molar-refractivity contribution is 0.685. The van der Waals surface area contributed by atoms with Gasteiger partial charge in [0, 0.05) is 32.5 Å². The van der Waals surface area contributed by atoms with Crippen LogP contribution < -0.4 is 10.6 Å². The Morgan fingerprint density at radius 2 is 1.64 bits per heavy atom. The summed E-state index contributed by atoms with van der Waals surface area (Å²) in [4.78, 5) is 4.28. The smallest absolute Gasteiger partial charge is 0.191 e. The third-order valence-corrected chi connectivity index (χ3v) is 3.88. The molecule has 0 saturated carbocycles. The summed E-state index contributed by atoms with van der Waals surface area (Å²) in [6.45, 7) is 2.25. The Morgan fingerprint density at radius 1 is 0.920 bits per heavy atom. The van der Waals surface area contributed by atoms with Gasteiger partial charge in [-0.05, 0) is 22.8 Å². The quantitative estimate of drug-likeness (QED) is 0.539. The van der Waals surface area contributed by atoms with Gasteiger partial charge in [-0.2, -0.15) is 5.10 Å². The van der Waals surface area contributed by atoms with Crippen molar-refractivity contribution in [3.8, 4) is 0 Å². The third-order valence-electron chi connectivity index (χ3n) is 3.88. The zero-order valence-corrected chi connectivity index (χ0v) is 14.4. The molecular formula is C20H23N5. The number of aliphatic imine (C=N–C) groups is 1. The first-order valence-corrected chi connectivity index (χ1v) is 8.37. The summed E-state index contributed by atoms with van der Waals surface area (Å²) < 4.78 is 1.92. The second-order valence-corrected chi connectivity index (χ2v) is 5.79. The first-order valence-electron chi connectivity index (χ1n) is 8.37. The minimum Gasteiger partial charge on any atom is -0.352 e. The molecule has 0 bridgehead atoms. The zero-order valence-electron chi connectivity index (χ0n) is 14.4. The van der Waals surface area contributed by atoms with Crippen LogP contribution in [0.25, 0.3) is 0 Å². The normalized spacial score (nSPS) is 11.3. The second-order valence-electron chi connectivity index (χ2n) is 5.79. The highest BCUT2D eigenvalue weighted by molar-refractivity contribution is 5.79. The molecule has 0 spiro atoms. The maximum Gasteiger partial charge on any atom is 0.191 e. The Bertz CT molecular complexity index is 794. The van der Waals surface area contributed by atoms with Gasteiger partial charge in [-0.3, -0.25) is 9.67 Å². The Kier molecular flexibility index (Phi) is 5.82. The summed E-state index contributed by atoms with van der Waals surface area (Å²) >= 11 is 0. The van der Waals surface area contributed by atoms with Crippen molar-refractivity contribution in [1.82, 2.24) is 20.4 Å². The summed E-state index contributed by atoms with van der Waals surface area (Å²) in [6.07, 6.45) is 3.77. The van der Waals surface area contributed by atoms with E-state index >= 15 is 0 Å². The van der Waals surface area contributed by atoms with Crippen molar-refractivity contribution in [1.29, 1.82) is 0 Å². The van der Waals surface area contributed by atoms with E-state index in [0.717, 1.165) is 25.6 Å². The highest BCUT2D eigenvalue weighted by atomic mass is 15.3. The lowest BCUT2D eigenvalue weighted by Gasteiger charge is -2.12. The van der Waals surface area contributed by atoms with Gasteiger partial charge in [0.2, 0.25) is 0 Å². The minimum absolute atomic E-state index is 0.724. The Labute approximate surface area is 148 Å². The maximum absolute atomic E-state index is 4.28. The standard InChI is InChI=1S/C20H23N5/c1-21-20(22-14-17-7-3-2-4-8-17)23-15-18-9-5-10-19(13-18)16-25-12-6-11-24-25/h2-13H,14-16H2,1H3,(H2,21,22,23). The van der Waals surface area contributed by atoms with E-state index in [9.17, 15) is 0 Å². The molecule has 2 N–H and O–H groups in total. The molecule has 0 amide bonds. The largest absolute Gasteiger partial charge is 0.352 e. The number of hydrogen-bond acceptors (Lipinski definition) is 2. The molecule has 5 nitrogen and oxygen atoms in total. The van der Waals surface area contributed by atoms with E-state index < -0.39 is 0 Å². The number of rotatable bonds is 6. The van der Waals surface area contributed by atoms with Crippen LogP contribution in [0.15, 0.2) is 78.0 Å². The lowest BCUT2D eigenvalue weighted by Crippen LogP contribution is -2.36. The van der Waals surface area contributed by atoms with E-state index in [1.165, 1.54) is 16.7 Å². The number of benzene rings is 2. The maximum atomic E-state index is 4.28. The van der Waals surface area contributed by atoms with Crippen LogP contribution in [0, 0.1) is 0 Å². The summed E-state index contributed by atoms with van der Waals surface area (Å²) in [5.41, 5.74) is 3.68. The molecule has 0 unspecified atom stereocenters. The number of nitrogens with one attached hydrogen (secondary N) is 2. The van der Waals surface area contributed by atoms with Crippen LogP contribution in [-0.2, 0) is 19.6 Å². The fourth-order valence-corrected chi connectivity index (χ4v) is 2.61. The van der Waals surface area contributed by atoms with Gasteiger partial charge in [0.25, 0.3) is 0 Å². The SMILES string of the molecule is CN=C(NCc1ccccc1)NCc1cccc(Cn2cccn2)c1. The molecule has 0 atom stereocenters. The Morgan fingerprint density at radius 3 is 2.36 bits per heavy atom. The average Bonchev–Trinajstić information content (AvgIpc) is 3.16. The van der Waals surface area contributed by atoms with Crippen LogP contribution in [0.5, 0.6) is 0 Å². The highest BCUT2D eigenvalue weighted by Crippen LogP contribution is 2.07. The molecule has 0 aliphatic carbocycles. The molecule has 5 heteroatoms. The summed E-state index contributed by atoms with van der Waals surface area (Å²) in [5.74, 6) is 0.793. The lowest BCUT2D eigenvalue weighted by atomic mass is 10.1. The van der Waals surface area contributed by atoms with Gasteiger partial charge in [-0.15, -0.1) is 0 Å². The van der Waals surface area contributed by atoms with E-state index in [4.69, 9.17) is 0 Å². The van der Waals surface area contributed by atoms with Crippen molar-refractivity contribution in [3.05, 3.63) is 89.7 Å². The fraction of sp³-hybridized carbons (Fsp3) is 0.200. The van der Waals surface area contributed by atoms with Crippen LogP contribution >= 0.6 is 0 Å². The van der Waals surface area contributed by atoms with E-state index in [1.807, 2.05) is 35.1 Å². The third kappa shape index (κ3) is 5.21. The van der Waals surface area contributed by atoms with Crippen molar-refractivity contribution in [2.45, 2.75) is 19.6 Å². The topological polar surface area (TPSA) is 54.2 Å². The summed E-state index contributed by atoms with van der Waals surface area (Å²) in [6, 6.07) is 20.7. The van der Waals surface area contributed by atoms with E-state index in [-0.39, 0.29) is 0 Å². The molecule has 0 saturated heterocycles. The molecule has 0 radical (unpaired) electrons. The molecule has 2 aromatic carbocycles. The zero-order chi connectivity index (χ0) is 17.3. The van der Waals surface area contributed by atoms with E-state index in [2.05, 4.69) is 57.1 Å². The van der Waals surface area contributed by atoms with Crippen LogP contribution in [0.1, 0.15) is 16.7 Å². The second kappa shape index (κ2) is 8.68. The van der Waals surface area contributed by atoms with Crippen molar-refractivity contribution in [3.63, 3.8) is 0 Å². The minimum atomic E-state index is 0.724. The van der Waals surface area contributed by atoms with Gasteiger partial charge in [0.1, 0.15) is 0 Å². The number of nitrogens with zero attached hydrogens (tertiary/aromatic N) is 3. The van der Waals surface area contributed by atoms with Gasteiger partial charge in [0.15, 0.2) is 5.96 Å². The van der Waals surface area contributed by atoms with Gasteiger partial charge < -0.3 is 10.6 Å². The van der Waals surface area contributed by atoms with Crippen molar-refractivity contribution in [2.75, 3.05) is 7.05 Å². The number of aromatic nitrogens is 2. The highest BCUT2D eigenvalue weighted by Gasteiger charge is 2.01. The van der Waals surface area contributed by atoms with Gasteiger partial charge in [0.05, 0.1) is 6.54 Å². The molecule has 128 valence electrons. The van der Waals surface area contributed by atoms with E-state index in [0.29, 0.717) is 0 Å². The Hall–Kier alpha value is -3.08. The predicted octanol–water partition coefficient (Wildman–Crippen LogP) is 2.80. The summed E-state index contributed by atoms with van der Waals surface area (Å²) in [5, 5.41) is 10.9. The summed E-state index contributed by atoms with van der Waals surface area (Å²) in [7, 11) is 1.79. The van der Waals surface area contributed by atoms with Gasteiger partial charge in [-0.25, -0.2) is 0 Å². The monoisotopic (exact) mass is 333 g/mol. The van der Waals surface area contributed by atoms with Crippen LogP contribution in [0.3, 0.4) is 0 Å². The van der Waals surface area contributed by atoms with Gasteiger partial charge in [-0.1, -0.05) is 54.6 Å². The number of guanidine groups is 1. The first kappa shape index (κ1) is 16.8. The fourth-order valence-electron chi connectivity index (χ4n) is 2.61. The van der Waals surface area contributed by atoms with Crippen molar-refractivity contribution < 1.29 is 0 Å². The molecule has 3 aromatic rings. The molecule has 25 heavy (non-hydrogen) atoms. The average molecular weight is 333 g/mol. The Balaban J connectivity index is 1.53. The number of hydrogen-bond donors (Lipinski definition) is 2. The molecule has 0 aliphatic rings. The van der Waals surface area contributed by atoms with Crippen molar-refractivity contribution >= 4 is 5.96 Å². The molecule has 0 aliphatic heterocycles. The molecule has 3 rings (SSSR count). The van der Waals surface area contributed by atoms with E-state index in [1.54, 1.807) is 13.2 Å². The predicted molar refractivity (Wildman–Crippen MR) is 101 cm³/mol.